The first kappa shape index (κ1) is 21.0. The Labute approximate surface area is 147 Å². The third-order valence-electron chi connectivity index (χ3n) is 5.29. The fourth-order valence-electron chi connectivity index (χ4n) is 3.55. The molecule has 0 bridgehead atoms. The quantitative estimate of drug-likeness (QED) is 0.458. The molecule has 1 fully saturated rings. The maximum atomic E-state index is 2.67. The molecule has 138 valence electrons. The Morgan fingerprint density at radius 2 is 1.17 bits per heavy atom. The third kappa shape index (κ3) is 11.2. The van der Waals surface area contributed by atoms with E-state index in [0.29, 0.717) is 5.41 Å². The van der Waals surface area contributed by atoms with Crippen molar-refractivity contribution in [2.75, 3.05) is 32.7 Å². The average Bonchev–Trinajstić information content (AvgIpc) is 2.48. The third-order valence-corrected chi connectivity index (χ3v) is 5.29. The van der Waals surface area contributed by atoms with Crippen LogP contribution < -0.4 is 0 Å². The van der Waals surface area contributed by atoms with Crippen LogP contribution in [0.5, 0.6) is 0 Å². The molecule has 0 aliphatic carbocycles. The van der Waals surface area contributed by atoms with Crippen molar-refractivity contribution in [3.8, 4) is 0 Å². The lowest BCUT2D eigenvalue weighted by Crippen LogP contribution is -2.48. The second kappa shape index (κ2) is 11.5. The second-order valence-electron chi connectivity index (χ2n) is 9.11. The Bertz CT molecular complexity index is 272. The molecule has 0 atom stereocenters. The zero-order valence-corrected chi connectivity index (χ0v) is 16.9. The lowest BCUT2D eigenvalue weighted by atomic mass is 9.89. The van der Waals surface area contributed by atoms with Crippen molar-refractivity contribution in [2.24, 2.45) is 5.41 Å². The van der Waals surface area contributed by atoms with Crippen molar-refractivity contribution in [2.45, 2.75) is 98.4 Å². The molecule has 1 aliphatic rings. The minimum Gasteiger partial charge on any atom is -0.301 e. The zero-order valence-electron chi connectivity index (χ0n) is 16.9. The predicted octanol–water partition coefficient (Wildman–Crippen LogP) is 5.57. The molecule has 0 spiro atoms. The minimum atomic E-state index is 0.528. The van der Waals surface area contributed by atoms with E-state index >= 15 is 0 Å². The van der Waals surface area contributed by atoms with Crippen molar-refractivity contribution < 1.29 is 0 Å². The molecular formula is C21H44N2. The Hall–Kier alpha value is -0.0800. The van der Waals surface area contributed by atoms with Crippen LogP contribution in [0.25, 0.3) is 0 Å². The van der Waals surface area contributed by atoms with Gasteiger partial charge in [-0.3, -0.25) is 4.90 Å². The summed E-state index contributed by atoms with van der Waals surface area (Å²) in [6.45, 7) is 18.1. The molecule has 0 aromatic rings. The molecule has 0 radical (unpaired) electrons. The van der Waals surface area contributed by atoms with Gasteiger partial charge in [0.25, 0.3) is 0 Å². The van der Waals surface area contributed by atoms with Gasteiger partial charge in [-0.1, -0.05) is 65.7 Å². The zero-order chi connectivity index (χ0) is 17.1. The van der Waals surface area contributed by atoms with Crippen LogP contribution >= 0.6 is 0 Å². The van der Waals surface area contributed by atoms with Crippen LogP contribution in [0.2, 0.25) is 0 Å². The molecule has 2 nitrogen and oxygen atoms in total. The summed E-state index contributed by atoms with van der Waals surface area (Å²) in [5, 5.41) is 0. The van der Waals surface area contributed by atoms with Gasteiger partial charge in [0.15, 0.2) is 0 Å². The average molecular weight is 325 g/mol. The Balaban J connectivity index is 1.84. The highest BCUT2D eigenvalue weighted by Gasteiger charge is 2.17. The van der Waals surface area contributed by atoms with Crippen molar-refractivity contribution in [1.29, 1.82) is 0 Å². The molecule has 0 unspecified atom stereocenters. The van der Waals surface area contributed by atoms with E-state index in [-0.39, 0.29) is 0 Å². The van der Waals surface area contributed by atoms with E-state index in [2.05, 4.69) is 44.4 Å². The summed E-state index contributed by atoms with van der Waals surface area (Å²) in [5.41, 5.74) is 0.528. The fourth-order valence-corrected chi connectivity index (χ4v) is 3.55. The molecule has 1 rings (SSSR count). The van der Waals surface area contributed by atoms with Crippen LogP contribution in [-0.2, 0) is 0 Å². The van der Waals surface area contributed by atoms with Gasteiger partial charge in [-0.15, -0.1) is 0 Å². The van der Waals surface area contributed by atoms with Gasteiger partial charge < -0.3 is 4.90 Å². The minimum absolute atomic E-state index is 0.528. The fraction of sp³-hybridized carbons (Fsp3) is 1.00. The Morgan fingerprint density at radius 1 is 0.696 bits per heavy atom. The predicted molar refractivity (Wildman–Crippen MR) is 104 cm³/mol. The lowest BCUT2D eigenvalue weighted by molar-refractivity contribution is 0.107. The van der Waals surface area contributed by atoms with Crippen molar-refractivity contribution in [3.05, 3.63) is 0 Å². The van der Waals surface area contributed by atoms with Gasteiger partial charge in [-0.05, 0) is 38.6 Å². The number of unbranched alkanes of at least 4 members (excludes halogenated alkanes) is 7. The van der Waals surface area contributed by atoms with Crippen LogP contribution in [0.4, 0.5) is 0 Å². The Morgan fingerprint density at radius 3 is 1.65 bits per heavy atom. The first-order chi connectivity index (χ1) is 10.9. The monoisotopic (exact) mass is 324 g/mol. The standard InChI is InChI=1S/C21H44N2/c1-20(2)23-18-16-22(17-19-23)15-13-11-9-7-6-8-10-12-14-21(3,4)5/h20H,6-19H2,1-5H3. The van der Waals surface area contributed by atoms with Gasteiger partial charge in [-0.2, -0.15) is 0 Å². The summed E-state index contributed by atoms with van der Waals surface area (Å²) in [4.78, 5) is 5.28. The lowest BCUT2D eigenvalue weighted by Gasteiger charge is -2.36. The Kier molecular flexibility index (Phi) is 10.5. The van der Waals surface area contributed by atoms with E-state index in [0.717, 1.165) is 6.04 Å². The topological polar surface area (TPSA) is 6.48 Å². The highest BCUT2D eigenvalue weighted by molar-refractivity contribution is 4.74. The molecular weight excluding hydrogens is 280 g/mol. The second-order valence-corrected chi connectivity index (χ2v) is 9.11. The summed E-state index contributed by atoms with van der Waals surface area (Å²) in [6, 6.07) is 0.723. The van der Waals surface area contributed by atoms with E-state index in [9.17, 15) is 0 Å². The highest BCUT2D eigenvalue weighted by Crippen LogP contribution is 2.22. The highest BCUT2D eigenvalue weighted by atomic mass is 15.3. The summed E-state index contributed by atoms with van der Waals surface area (Å²) in [6.07, 6.45) is 12.9. The molecule has 1 heterocycles. The molecule has 1 aliphatic heterocycles. The van der Waals surface area contributed by atoms with Crippen molar-refractivity contribution in [3.63, 3.8) is 0 Å². The first-order valence-corrected chi connectivity index (χ1v) is 10.3. The normalized spacial score (nSPS) is 18.0. The van der Waals surface area contributed by atoms with E-state index < -0.39 is 0 Å². The van der Waals surface area contributed by atoms with Crippen LogP contribution in [-0.4, -0.2) is 48.6 Å². The van der Waals surface area contributed by atoms with Crippen molar-refractivity contribution in [1.82, 2.24) is 9.80 Å². The summed E-state index contributed by atoms with van der Waals surface area (Å²) in [7, 11) is 0. The number of piperazine rings is 1. The van der Waals surface area contributed by atoms with Gasteiger partial charge in [0.2, 0.25) is 0 Å². The van der Waals surface area contributed by atoms with Gasteiger partial charge in [-0.25, -0.2) is 0 Å². The summed E-state index contributed by atoms with van der Waals surface area (Å²) >= 11 is 0. The number of hydrogen-bond donors (Lipinski definition) is 0. The van der Waals surface area contributed by atoms with Gasteiger partial charge >= 0.3 is 0 Å². The largest absolute Gasteiger partial charge is 0.301 e. The molecule has 0 aromatic heterocycles. The van der Waals surface area contributed by atoms with E-state index in [1.165, 1.54) is 90.5 Å². The molecule has 0 N–H and O–H groups in total. The number of nitrogens with zero attached hydrogens (tertiary/aromatic N) is 2. The number of hydrogen-bond acceptors (Lipinski definition) is 2. The molecule has 0 saturated carbocycles. The van der Waals surface area contributed by atoms with Crippen LogP contribution in [0.1, 0.15) is 92.4 Å². The number of rotatable bonds is 11. The first-order valence-electron chi connectivity index (χ1n) is 10.3. The van der Waals surface area contributed by atoms with Crippen LogP contribution in [0, 0.1) is 5.41 Å². The van der Waals surface area contributed by atoms with Crippen LogP contribution in [0.3, 0.4) is 0 Å². The summed E-state index contributed by atoms with van der Waals surface area (Å²) < 4.78 is 0. The van der Waals surface area contributed by atoms with Gasteiger partial charge in [0, 0.05) is 32.2 Å². The maximum absolute atomic E-state index is 2.67. The molecule has 2 heteroatoms. The molecule has 1 saturated heterocycles. The smallest absolute Gasteiger partial charge is 0.0113 e. The molecule has 23 heavy (non-hydrogen) atoms. The molecule has 0 amide bonds. The summed E-state index contributed by atoms with van der Waals surface area (Å²) in [5.74, 6) is 0. The van der Waals surface area contributed by atoms with Gasteiger partial charge in [0.05, 0.1) is 0 Å². The van der Waals surface area contributed by atoms with E-state index in [4.69, 9.17) is 0 Å². The molecule has 0 aromatic carbocycles. The van der Waals surface area contributed by atoms with E-state index in [1.54, 1.807) is 0 Å². The van der Waals surface area contributed by atoms with E-state index in [1.807, 2.05) is 0 Å². The van der Waals surface area contributed by atoms with Crippen LogP contribution in [0.15, 0.2) is 0 Å². The van der Waals surface area contributed by atoms with Crippen molar-refractivity contribution >= 4 is 0 Å². The maximum Gasteiger partial charge on any atom is 0.0113 e. The SMILES string of the molecule is CC(C)N1CCN(CCCCCCCCCCC(C)(C)C)CC1. The van der Waals surface area contributed by atoms with Gasteiger partial charge in [0.1, 0.15) is 0 Å².